The number of hydrogen-bond acceptors (Lipinski definition) is 3. The van der Waals surface area contributed by atoms with Gasteiger partial charge in [0.1, 0.15) is 18.4 Å². The predicted molar refractivity (Wildman–Crippen MR) is 87.0 cm³/mol. The summed E-state index contributed by atoms with van der Waals surface area (Å²) in [5.74, 6) is -0.299. The Morgan fingerprint density at radius 2 is 2.18 bits per heavy atom. The molecule has 0 atom stereocenters. The molecule has 0 aliphatic rings. The third-order valence-corrected chi connectivity index (χ3v) is 4.17. The van der Waals surface area contributed by atoms with Crippen LogP contribution in [0.5, 0.6) is 0 Å². The van der Waals surface area contributed by atoms with Crippen molar-refractivity contribution in [2.24, 2.45) is 0 Å². The first-order valence-electron chi connectivity index (χ1n) is 6.63. The van der Waals surface area contributed by atoms with Crippen molar-refractivity contribution in [1.29, 1.82) is 0 Å². The van der Waals surface area contributed by atoms with E-state index in [1.165, 1.54) is 6.33 Å². The van der Waals surface area contributed by atoms with Crippen molar-refractivity contribution < 1.29 is 4.79 Å². The van der Waals surface area contributed by atoms with Crippen molar-refractivity contribution in [3.63, 3.8) is 0 Å². The summed E-state index contributed by atoms with van der Waals surface area (Å²) in [5, 5.41) is 6.75. The van der Waals surface area contributed by atoms with E-state index in [0.29, 0.717) is 11.2 Å². The standard InChI is InChI=1S/C15H13BrN4O2/c1-10-7-11(4-5-12(10)16)18-14(21)8-20-15(22)13-3-2-6-19(13)9-17-20/h2-7,9H,8H2,1H3,(H,18,21). The zero-order chi connectivity index (χ0) is 15.7. The summed E-state index contributed by atoms with van der Waals surface area (Å²) in [6.07, 6.45) is 3.24. The summed E-state index contributed by atoms with van der Waals surface area (Å²) in [6, 6.07) is 8.96. The van der Waals surface area contributed by atoms with Gasteiger partial charge in [-0.25, -0.2) is 4.68 Å². The van der Waals surface area contributed by atoms with E-state index in [4.69, 9.17) is 0 Å². The van der Waals surface area contributed by atoms with Crippen LogP contribution in [0, 0.1) is 6.92 Å². The van der Waals surface area contributed by atoms with Gasteiger partial charge in [-0.3, -0.25) is 9.59 Å². The molecule has 1 N–H and O–H groups in total. The number of carbonyl (C=O) groups excluding carboxylic acids is 1. The quantitative estimate of drug-likeness (QED) is 0.778. The molecular formula is C15H13BrN4O2. The topological polar surface area (TPSA) is 68.4 Å². The van der Waals surface area contributed by atoms with Gasteiger partial charge in [-0.2, -0.15) is 5.10 Å². The average molecular weight is 361 g/mol. The van der Waals surface area contributed by atoms with Gasteiger partial charge in [0.2, 0.25) is 5.91 Å². The third-order valence-electron chi connectivity index (χ3n) is 3.28. The molecule has 0 radical (unpaired) electrons. The molecule has 2 aromatic heterocycles. The molecule has 0 aliphatic heterocycles. The summed E-state index contributed by atoms with van der Waals surface area (Å²) < 4.78 is 3.74. The van der Waals surface area contributed by atoms with Crippen LogP contribution in [0.3, 0.4) is 0 Å². The van der Waals surface area contributed by atoms with Gasteiger partial charge in [-0.15, -0.1) is 0 Å². The Hall–Kier alpha value is -2.41. The maximum absolute atomic E-state index is 12.2. The van der Waals surface area contributed by atoms with Crippen LogP contribution in [0.25, 0.3) is 5.52 Å². The maximum atomic E-state index is 12.2. The second kappa shape index (κ2) is 5.76. The van der Waals surface area contributed by atoms with Crippen molar-refractivity contribution >= 4 is 33.0 Å². The highest BCUT2D eigenvalue weighted by atomic mass is 79.9. The molecule has 112 valence electrons. The molecular weight excluding hydrogens is 348 g/mol. The number of carbonyl (C=O) groups is 1. The van der Waals surface area contributed by atoms with Crippen molar-refractivity contribution in [3.05, 3.63) is 63.2 Å². The fraction of sp³-hybridized carbons (Fsp3) is 0.133. The molecule has 3 aromatic rings. The minimum absolute atomic E-state index is 0.129. The molecule has 1 aromatic carbocycles. The number of rotatable bonds is 3. The molecule has 7 heteroatoms. The summed E-state index contributed by atoms with van der Waals surface area (Å²) >= 11 is 3.41. The molecule has 0 saturated heterocycles. The SMILES string of the molecule is Cc1cc(NC(=O)Cn2ncn3cccc3c2=O)ccc1Br. The number of amides is 1. The number of aryl methyl sites for hydroxylation is 1. The van der Waals surface area contributed by atoms with Crippen LogP contribution in [0.2, 0.25) is 0 Å². The lowest BCUT2D eigenvalue weighted by molar-refractivity contribution is -0.117. The second-order valence-electron chi connectivity index (χ2n) is 4.91. The van der Waals surface area contributed by atoms with Crippen LogP contribution in [0.15, 0.2) is 52.1 Å². The molecule has 0 spiro atoms. The molecule has 2 heterocycles. The molecule has 6 nitrogen and oxygen atoms in total. The van der Waals surface area contributed by atoms with Crippen LogP contribution in [0.4, 0.5) is 5.69 Å². The number of halogens is 1. The molecule has 0 fully saturated rings. The van der Waals surface area contributed by atoms with E-state index in [-0.39, 0.29) is 18.0 Å². The molecule has 1 amide bonds. The molecule has 0 saturated carbocycles. The Bertz CT molecular complexity index is 913. The van der Waals surface area contributed by atoms with Gasteiger partial charge in [0.05, 0.1) is 0 Å². The fourth-order valence-corrected chi connectivity index (χ4v) is 2.40. The number of hydrogen-bond donors (Lipinski definition) is 1. The van der Waals surface area contributed by atoms with Crippen LogP contribution in [-0.2, 0) is 11.3 Å². The summed E-state index contributed by atoms with van der Waals surface area (Å²) in [7, 11) is 0. The molecule has 0 unspecified atom stereocenters. The van der Waals surface area contributed by atoms with Gasteiger partial charge >= 0.3 is 0 Å². The van der Waals surface area contributed by atoms with E-state index in [1.54, 1.807) is 28.8 Å². The fourth-order valence-electron chi connectivity index (χ4n) is 2.15. The summed E-state index contributed by atoms with van der Waals surface area (Å²) in [6.45, 7) is 1.81. The van der Waals surface area contributed by atoms with Crippen molar-refractivity contribution in [2.75, 3.05) is 5.32 Å². The van der Waals surface area contributed by atoms with E-state index in [9.17, 15) is 9.59 Å². The highest BCUT2D eigenvalue weighted by Gasteiger charge is 2.09. The lowest BCUT2D eigenvalue weighted by Gasteiger charge is -2.08. The maximum Gasteiger partial charge on any atom is 0.291 e. The summed E-state index contributed by atoms with van der Waals surface area (Å²) in [5.41, 5.74) is 1.89. The third kappa shape index (κ3) is 2.80. The van der Waals surface area contributed by atoms with E-state index in [1.807, 2.05) is 19.1 Å². The molecule has 0 bridgehead atoms. The highest BCUT2D eigenvalue weighted by molar-refractivity contribution is 9.10. The van der Waals surface area contributed by atoms with Crippen LogP contribution in [-0.4, -0.2) is 20.1 Å². The minimum Gasteiger partial charge on any atom is -0.324 e. The largest absolute Gasteiger partial charge is 0.324 e. The number of nitrogens with one attached hydrogen (secondary N) is 1. The first-order chi connectivity index (χ1) is 10.5. The van der Waals surface area contributed by atoms with Gasteiger partial charge in [0, 0.05) is 16.4 Å². The van der Waals surface area contributed by atoms with Crippen LogP contribution >= 0.6 is 15.9 Å². The van der Waals surface area contributed by atoms with Gasteiger partial charge in [-0.05, 0) is 42.8 Å². The van der Waals surface area contributed by atoms with E-state index >= 15 is 0 Å². The number of benzene rings is 1. The first kappa shape index (κ1) is 14.5. The smallest absolute Gasteiger partial charge is 0.291 e. The second-order valence-corrected chi connectivity index (χ2v) is 5.76. The Labute approximate surface area is 134 Å². The van der Waals surface area contributed by atoms with Crippen LogP contribution < -0.4 is 10.9 Å². The van der Waals surface area contributed by atoms with Gasteiger partial charge in [0.15, 0.2) is 0 Å². The monoisotopic (exact) mass is 360 g/mol. The van der Waals surface area contributed by atoms with E-state index in [0.717, 1.165) is 14.7 Å². The highest BCUT2D eigenvalue weighted by Crippen LogP contribution is 2.19. The van der Waals surface area contributed by atoms with Gasteiger partial charge in [0.25, 0.3) is 5.56 Å². The number of fused-ring (bicyclic) bond motifs is 1. The first-order valence-corrected chi connectivity index (χ1v) is 7.43. The lowest BCUT2D eigenvalue weighted by atomic mass is 10.2. The van der Waals surface area contributed by atoms with Crippen LogP contribution in [0.1, 0.15) is 5.56 Å². The van der Waals surface area contributed by atoms with E-state index < -0.39 is 0 Å². The molecule has 22 heavy (non-hydrogen) atoms. The van der Waals surface area contributed by atoms with Crippen molar-refractivity contribution in [2.45, 2.75) is 13.5 Å². The lowest BCUT2D eigenvalue weighted by Crippen LogP contribution is -2.30. The zero-order valence-electron chi connectivity index (χ0n) is 11.8. The molecule has 0 aliphatic carbocycles. The minimum atomic E-state index is -0.299. The predicted octanol–water partition coefficient (Wildman–Crippen LogP) is 2.21. The zero-order valence-corrected chi connectivity index (χ0v) is 13.4. The van der Waals surface area contributed by atoms with Crippen molar-refractivity contribution in [1.82, 2.24) is 14.2 Å². The Balaban J connectivity index is 1.79. The Morgan fingerprint density at radius 3 is 2.95 bits per heavy atom. The number of aromatic nitrogens is 3. The average Bonchev–Trinajstić information content (AvgIpc) is 2.95. The molecule has 3 rings (SSSR count). The summed E-state index contributed by atoms with van der Waals surface area (Å²) in [4.78, 5) is 24.2. The van der Waals surface area contributed by atoms with E-state index in [2.05, 4.69) is 26.3 Å². The van der Waals surface area contributed by atoms with Crippen molar-refractivity contribution in [3.8, 4) is 0 Å². The number of nitrogens with zero attached hydrogens (tertiary/aromatic N) is 3. The normalized spacial score (nSPS) is 10.8. The van der Waals surface area contributed by atoms with Gasteiger partial charge < -0.3 is 9.72 Å². The Morgan fingerprint density at radius 1 is 1.36 bits per heavy atom. The number of anilines is 1. The Kier molecular flexibility index (Phi) is 3.81. The van der Waals surface area contributed by atoms with Gasteiger partial charge in [-0.1, -0.05) is 15.9 Å².